The first-order valence-corrected chi connectivity index (χ1v) is 5.74. The van der Waals surface area contributed by atoms with Crippen molar-refractivity contribution in [2.24, 2.45) is 0 Å². The van der Waals surface area contributed by atoms with Crippen LogP contribution in [-0.2, 0) is 10.9 Å². The Hall–Kier alpha value is 0.640. The second-order valence-electron chi connectivity index (χ2n) is 2.93. The molecule has 0 radical (unpaired) electrons. The van der Waals surface area contributed by atoms with Gasteiger partial charge in [0.15, 0.2) is 0 Å². The van der Waals surface area contributed by atoms with E-state index in [1.807, 2.05) is 0 Å². The van der Waals surface area contributed by atoms with Crippen LogP contribution >= 0.6 is 11.6 Å². The van der Waals surface area contributed by atoms with Gasteiger partial charge in [-0.25, -0.2) is 0 Å². The third kappa shape index (κ3) is 0.988. The molecule has 0 spiro atoms. The first-order valence-electron chi connectivity index (χ1n) is 3.68. The highest BCUT2D eigenvalue weighted by Gasteiger charge is 2.46. The predicted octanol–water partition coefficient (Wildman–Crippen LogP) is 1.78. The van der Waals surface area contributed by atoms with Gasteiger partial charge in [0.1, 0.15) is 16.8 Å². The minimum absolute atomic E-state index is 0.552. The molecule has 2 rings (SSSR count). The molecule has 0 bridgehead atoms. The molecule has 0 N–H and O–H groups in total. The van der Waals surface area contributed by atoms with Crippen LogP contribution in [0.3, 0.4) is 0 Å². The first kappa shape index (κ1) is 6.36. The summed E-state index contributed by atoms with van der Waals surface area (Å²) in [5.74, 6) is 2.94. The van der Waals surface area contributed by atoms with Gasteiger partial charge in [-0.1, -0.05) is 0 Å². The number of halogens is 1. The minimum Gasteiger partial charge on any atom is -0.117 e. The normalized spacial score (nSPS) is 49.7. The minimum atomic E-state index is 0.552. The summed E-state index contributed by atoms with van der Waals surface area (Å²) in [5.41, 5.74) is 0. The van der Waals surface area contributed by atoms with E-state index in [-0.39, 0.29) is 0 Å². The SMILES string of the molecule is Cl[C@H]1CC[S+]2CCC[C@H]12. The highest BCUT2D eigenvalue weighted by Crippen LogP contribution is 2.35. The largest absolute Gasteiger partial charge is 0.134 e. The van der Waals surface area contributed by atoms with Crippen LogP contribution in [0.2, 0.25) is 0 Å². The van der Waals surface area contributed by atoms with Gasteiger partial charge in [-0.3, -0.25) is 0 Å². The second-order valence-corrected chi connectivity index (χ2v) is 5.99. The fourth-order valence-corrected chi connectivity index (χ4v) is 5.64. The first-order chi connectivity index (χ1) is 4.38. The summed E-state index contributed by atoms with van der Waals surface area (Å²) >= 11 is 6.12. The molecule has 0 aromatic rings. The van der Waals surface area contributed by atoms with Gasteiger partial charge in [0.2, 0.25) is 0 Å². The third-order valence-electron chi connectivity index (χ3n) is 2.38. The molecule has 2 aliphatic rings. The quantitative estimate of drug-likeness (QED) is 0.377. The van der Waals surface area contributed by atoms with E-state index in [0.29, 0.717) is 5.38 Å². The molecule has 9 heavy (non-hydrogen) atoms. The molecule has 2 saturated heterocycles. The Balaban J connectivity index is 2.07. The van der Waals surface area contributed by atoms with Crippen LogP contribution in [0.15, 0.2) is 0 Å². The summed E-state index contributed by atoms with van der Waals surface area (Å²) < 4.78 is 0. The van der Waals surface area contributed by atoms with E-state index in [0.717, 1.165) is 16.1 Å². The summed E-state index contributed by atoms with van der Waals surface area (Å²) in [7, 11) is 0.770. The van der Waals surface area contributed by atoms with Crippen LogP contribution in [-0.4, -0.2) is 22.1 Å². The van der Waals surface area contributed by atoms with Crippen molar-refractivity contribution in [3.05, 3.63) is 0 Å². The maximum Gasteiger partial charge on any atom is 0.134 e. The molecular weight excluding hydrogens is 152 g/mol. The second kappa shape index (κ2) is 2.35. The average Bonchev–Trinajstić information content (AvgIpc) is 2.35. The van der Waals surface area contributed by atoms with Gasteiger partial charge >= 0.3 is 0 Å². The van der Waals surface area contributed by atoms with Crippen molar-refractivity contribution in [1.82, 2.24) is 0 Å². The molecule has 0 amide bonds. The van der Waals surface area contributed by atoms with Gasteiger partial charge in [-0.15, -0.1) is 11.6 Å². The molecule has 2 aliphatic heterocycles. The zero-order chi connectivity index (χ0) is 6.27. The zero-order valence-electron chi connectivity index (χ0n) is 5.48. The topological polar surface area (TPSA) is 0 Å². The Labute approximate surface area is 64.3 Å². The van der Waals surface area contributed by atoms with Crippen molar-refractivity contribution in [2.75, 3.05) is 11.5 Å². The lowest BCUT2D eigenvalue weighted by Gasteiger charge is -2.01. The summed E-state index contributed by atoms with van der Waals surface area (Å²) in [6.45, 7) is 0. The maximum absolute atomic E-state index is 6.12. The molecule has 0 aliphatic carbocycles. The number of fused-ring (bicyclic) bond motifs is 1. The molecule has 2 heteroatoms. The smallest absolute Gasteiger partial charge is 0.117 e. The lowest BCUT2D eigenvalue weighted by molar-refractivity contribution is 0.732. The van der Waals surface area contributed by atoms with Crippen molar-refractivity contribution in [3.8, 4) is 0 Å². The molecule has 0 aromatic carbocycles. The van der Waals surface area contributed by atoms with E-state index in [9.17, 15) is 0 Å². The lowest BCUT2D eigenvalue weighted by atomic mass is 10.2. The Morgan fingerprint density at radius 2 is 2.11 bits per heavy atom. The molecule has 0 saturated carbocycles. The average molecular weight is 164 g/mol. The number of hydrogen-bond donors (Lipinski definition) is 0. The Morgan fingerprint density at radius 3 is 2.89 bits per heavy atom. The highest BCUT2D eigenvalue weighted by atomic mass is 35.5. The third-order valence-corrected chi connectivity index (χ3v) is 6.05. The molecule has 52 valence electrons. The van der Waals surface area contributed by atoms with Crippen LogP contribution < -0.4 is 0 Å². The number of hydrogen-bond acceptors (Lipinski definition) is 0. The molecule has 3 atom stereocenters. The summed E-state index contributed by atoms with van der Waals surface area (Å²) in [6, 6.07) is 0. The maximum atomic E-state index is 6.12. The van der Waals surface area contributed by atoms with Crippen LogP contribution in [0.25, 0.3) is 0 Å². The Bertz CT molecular complexity index is 115. The monoisotopic (exact) mass is 163 g/mol. The Kier molecular flexibility index (Phi) is 1.66. The van der Waals surface area contributed by atoms with E-state index in [4.69, 9.17) is 11.6 Å². The lowest BCUT2D eigenvalue weighted by Crippen LogP contribution is -2.16. The van der Waals surface area contributed by atoms with Crippen LogP contribution in [0, 0.1) is 0 Å². The zero-order valence-corrected chi connectivity index (χ0v) is 7.05. The molecule has 1 unspecified atom stereocenters. The van der Waals surface area contributed by atoms with Crippen LogP contribution in [0.5, 0.6) is 0 Å². The van der Waals surface area contributed by atoms with Gasteiger partial charge in [0.25, 0.3) is 0 Å². The number of rotatable bonds is 0. The van der Waals surface area contributed by atoms with Gasteiger partial charge in [-0.05, 0) is 17.3 Å². The van der Waals surface area contributed by atoms with Gasteiger partial charge in [0, 0.05) is 12.8 Å². The molecular formula is C7H12ClS+. The van der Waals surface area contributed by atoms with Crippen molar-refractivity contribution in [1.29, 1.82) is 0 Å². The van der Waals surface area contributed by atoms with E-state index < -0.39 is 0 Å². The Morgan fingerprint density at radius 1 is 1.22 bits per heavy atom. The van der Waals surface area contributed by atoms with E-state index in [1.165, 1.54) is 30.8 Å². The summed E-state index contributed by atoms with van der Waals surface area (Å²) in [6.07, 6.45) is 4.18. The van der Waals surface area contributed by atoms with Crippen molar-refractivity contribution < 1.29 is 0 Å². The van der Waals surface area contributed by atoms with Gasteiger partial charge in [0.05, 0.1) is 5.38 Å². The van der Waals surface area contributed by atoms with E-state index >= 15 is 0 Å². The fraction of sp³-hybridized carbons (Fsp3) is 1.00. The van der Waals surface area contributed by atoms with Crippen LogP contribution in [0.1, 0.15) is 19.3 Å². The molecule has 0 nitrogen and oxygen atoms in total. The molecule has 2 heterocycles. The van der Waals surface area contributed by atoms with Crippen molar-refractivity contribution in [3.63, 3.8) is 0 Å². The van der Waals surface area contributed by atoms with E-state index in [2.05, 4.69) is 0 Å². The van der Waals surface area contributed by atoms with Gasteiger partial charge in [-0.2, -0.15) is 0 Å². The van der Waals surface area contributed by atoms with Crippen molar-refractivity contribution >= 4 is 22.5 Å². The standard InChI is InChI=1S/C7H12ClS/c8-6-3-5-9-4-1-2-7(6)9/h6-7H,1-5H2/q+1/t6-,7+,9?/m0/s1. The van der Waals surface area contributed by atoms with Gasteiger partial charge < -0.3 is 0 Å². The molecule has 2 fully saturated rings. The molecule has 0 aromatic heterocycles. The predicted molar refractivity (Wildman–Crippen MR) is 44.4 cm³/mol. The van der Waals surface area contributed by atoms with Crippen LogP contribution in [0.4, 0.5) is 0 Å². The van der Waals surface area contributed by atoms with Crippen molar-refractivity contribution in [2.45, 2.75) is 29.9 Å². The number of alkyl halides is 1. The highest BCUT2D eigenvalue weighted by molar-refractivity contribution is 7.98. The summed E-state index contributed by atoms with van der Waals surface area (Å²) in [4.78, 5) is 0. The van der Waals surface area contributed by atoms with E-state index in [1.54, 1.807) is 0 Å². The fourth-order valence-electron chi connectivity index (χ4n) is 1.88. The summed E-state index contributed by atoms with van der Waals surface area (Å²) in [5, 5.41) is 1.49.